The van der Waals surface area contributed by atoms with Crippen LogP contribution in [0.25, 0.3) is 11.0 Å². The van der Waals surface area contributed by atoms with E-state index in [2.05, 4.69) is 15.2 Å². The SMILES string of the molecule is COC(=O)C(C)(C)NC(=O)c1nc2ccccc2n([C@H]2C[C@H]3CC[C@@H](C2)N3C2CCCCCCC2)c1=O. The second-order valence-corrected chi connectivity index (χ2v) is 11.7. The minimum atomic E-state index is -1.28. The molecule has 1 saturated carbocycles. The Balaban J connectivity index is 1.46. The van der Waals surface area contributed by atoms with Gasteiger partial charge in [0.25, 0.3) is 11.5 Å². The van der Waals surface area contributed by atoms with Gasteiger partial charge in [0.2, 0.25) is 0 Å². The van der Waals surface area contributed by atoms with Crippen molar-refractivity contribution in [1.29, 1.82) is 0 Å². The Labute approximate surface area is 218 Å². The second-order valence-electron chi connectivity index (χ2n) is 11.7. The molecule has 8 nitrogen and oxygen atoms in total. The number of nitrogens with zero attached hydrogens (tertiary/aromatic N) is 3. The zero-order chi connectivity index (χ0) is 26.2. The van der Waals surface area contributed by atoms with E-state index in [0.717, 1.165) is 18.4 Å². The molecule has 2 aliphatic heterocycles. The molecule has 2 saturated heterocycles. The highest BCUT2D eigenvalue weighted by Crippen LogP contribution is 2.44. The maximum Gasteiger partial charge on any atom is 0.330 e. The quantitative estimate of drug-likeness (QED) is 0.604. The van der Waals surface area contributed by atoms with Crippen molar-refractivity contribution in [3.63, 3.8) is 0 Å². The van der Waals surface area contributed by atoms with Gasteiger partial charge < -0.3 is 14.6 Å². The van der Waals surface area contributed by atoms with Crippen LogP contribution in [0.15, 0.2) is 29.1 Å². The van der Waals surface area contributed by atoms with Gasteiger partial charge in [0.15, 0.2) is 5.69 Å². The summed E-state index contributed by atoms with van der Waals surface area (Å²) in [5.74, 6) is -1.24. The van der Waals surface area contributed by atoms with E-state index in [1.165, 1.54) is 64.9 Å². The van der Waals surface area contributed by atoms with E-state index in [-0.39, 0.29) is 17.3 Å². The standard InChI is InChI=1S/C29H40N4O4/c1-29(2,28(36)37-3)31-26(34)25-27(35)33(24-14-10-9-13-23(24)30-25)22-17-20-15-16-21(18-22)32(20)19-11-7-5-4-6-8-12-19/h9-10,13-14,19-22H,4-8,11-12,15-18H2,1-3H3,(H,31,34)/t20-,21+,22+. The van der Waals surface area contributed by atoms with E-state index >= 15 is 0 Å². The average Bonchev–Trinajstić information content (AvgIpc) is 3.11. The Kier molecular flexibility index (Phi) is 7.39. The van der Waals surface area contributed by atoms with Gasteiger partial charge in [-0.2, -0.15) is 0 Å². The molecule has 3 fully saturated rings. The van der Waals surface area contributed by atoms with Gasteiger partial charge in [-0.3, -0.25) is 14.5 Å². The average molecular weight is 509 g/mol. The molecule has 2 bridgehead atoms. The van der Waals surface area contributed by atoms with Crippen LogP contribution in [0.1, 0.15) is 101 Å². The molecule has 3 aliphatic rings. The Morgan fingerprint density at radius 2 is 1.54 bits per heavy atom. The van der Waals surface area contributed by atoms with Gasteiger partial charge in [0.1, 0.15) is 5.54 Å². The van der Waals surface area contributed by atoms with Gasteiger partial charge in [-0.05, 0) is 64.5 Å². The normalized spacial score (nSPS) is 25.4. The van der Waals surface area contributed by atoms with Crippen molar-refractivity contribution in [1.82, 2.24) is 19.8 Å². The Hall–Kier alpha value is -2.74. The Morgan fingerprint density at radius 3 is 2.19 bits per heavy atom. The predicted octanol–water partition coefficient (Wildman–Crippen LogP) is 4.36. The number of ether oxygens (including phenoxy) is 1. The minimum absolute atomic E-state index is 0.0165. The van der Waals surface area contributed by atoms with E-state index in [4.69, 9.17) is 4.74 Å². The summed E-state index contributed by atoms with van der Waals surface area (Å²) in [6, 6.07) is 9.17. The first kappa shape index (κ1) is 25.9. The van der Waals surface area contributed by atoms with E-state index in [0.29, 0.717) is 23.6 Å². The monoisotopic (exact) mass is 508 g/mol. The van der Waals surface area contributed by atoms with Crippen LogP contribution in [0.4, 0.5) is 0 Å². The van der Waals surface area contributed by atoms with Gasteiger partial charge in [-0.25, -0.2) is 9.78 Å². The predicted molar refractivity (Wildman–Crippen MR) is 143 cm³/mol. The van der Waals surface area contributed by atoms with Crippen molar-refractivity contribution >= 4 is 22.9 Å². The number of carbonyl (C=O) groups excluding carboxylic acids is 2. The zero-order valence-corrected chi connectivity index (χ0v) is 22.4. The van der Waals surface area contributed by atoms with Crippen molar-refractivity contribution in [2.45, 2.75) is 114 Å². The molecule has 2 aromatic rings. The molecular weight excluding hydrogens is 468 g/mol. The number of methoxy groups -OCH3 is 1. The number of fused-ring (bicyclic) bond motifs is 3. The number of hydrogen-bond donors (Lipinski definition) is 1. The fourth-order valence-electron chi connectivity index (χ4n) is 7.04. The molecule has 37 heavy (non-hydrogen) atoms. The lowest BCUT2D eigenvalue weighted by atomic mass is 9.89. The highest BCUT2D eigenvalue weighted by Gasteiger charge is 2.45. The highest BCUT2D eigenvalue weighted by molar-refractivity contribution is 5.97. The molecule has 8 heteroatoms. The number of esters is 1. The maximum absolute atomic E-state index is 13.9. The number of para-hydroxylation sites is 2. The van der Waals surface area contributed by atoms with Crippen molar-refractivity contribution < 1.29 is 14.3 Å². The van der Waals surface area contributed by atoms with Crippen LogP contribution in [0.2, 0.25) is 0 Å². The first-order valence-corrected chi connectivity index (χ1v) is 14.0. The third-order valence-electron chi connectivity index (χ3n) is 8.76. The van der Waals surface area contributed by atoms with Crippen LogP contribution in [-0.2, 0) is 9.53 Å². The number of aromatic nitrogens is 2. The van der Waals surface area contributed by atoms with Crippen molar-refractivity contribution in [2.24, 2.45) is 0 Å². The molecule has 1 amide bonds. The molecule has 0 radical (unpaired) electrons. The third kappa shape index (κ3) is 5.05. The summed E-state index contributed by atoms with van der Waals surface area (Å²) in [6.07, 6.45) is 13.4. The van der Waals surface area contributed by atoms with E-state index < -0.39 is 17.4 Å². The molecule has 3 atom stereocenters. The fourth-order valence-corrected chi connectivity index (χ4v) is 7.04. The molecule has 1 aromatic heterocycles. The first-order valence-electron chi connectivity index (χ1n) is 14.0. The largest absolute Gasteiger partial charge is 0.467 e. The summed E-state index contributed by atoms with van der Waals surface area (Å²) in [6.45, 7) is 3.11. The van der Waals surface area contributed by atoms with Crippen LogP contribution >= 0.6 is 0 Å². The Morgan fingerprint density at radius 1 is 0.919 bits per heavy atom. The molecule has 200 valence electrons. The maximum atomic E-state index is 13.9. The molecule has 1 N–H and O–H groups in total. The lowest BCUT2D eigenvalue weighted by molar-refractivity contribution is -0.146. The lowest BCUT2D eigenvalue weighted by Crippen LogP contribution is -2.52. The molecule has 5 rings (SSSR count). The summed E-state index contributed by atoms with van der Waals surface area (Å²) >= 11 is 0. The van der Waals surface area contributed by atoms with Crippen molar-refractivity contribution in [2.75, 3.05) is 7.11 Å². The summed E-state index contributed by atoms with van der Waals surface area (Å²) in [5, 5.41) is 2.65. The topological polar surface area (TPSA) is 93.5 Å². The molecule has 1 aromatic carbocycles. The van der Waals surface area contributed by atoms with Crippen LogP contribution < -0.4 is 10.9 Å². The first-order chi connectivity index (χ1) is 17.8. The minimum Gasteiger partial charge on any atom is -0.467 e. The molecular formula is C29H40N4O4. The van der Waals surface area contributed by atoms with Crippen molar-refractivity contribution in [3.05, 3.63) is 40.3 Å². The van der Waals surface area contributed by atoms with Gasteiger partial charge in [0, 0.05) is 24.2 Å². The number of amides is 1. The van der Waals surface area contributed by atoms with E-state index in [9.17, 15) is 14.4 Å². The third-order valence-corrected chi connectivity index (χ3v) is 8.76. The number of carbonyl (C=O) groups is 2. The van der Waals surface area contributed by atoms with Gasteiger partial charge in [0.05, 0.1) is 18.1 Å². The van der Waals surface area contributed by atoms with Crippen LogP contribution in [0.3, 0.4) is 0 Å². The smallest absolute Gasteiger partial charge is 0.330 e. The zero-order valence-electron chi connectivity index (χ0n) is 22.4. The van der Waals surface area contributed by atoms with Crippen LogP contribution in [0, 0.1) is 0 Å². The molecule has 3 heterocycles. The van der Waals surface area contributed by atoms with Crippen LogP contribution in [0.5, 0.6) is 0 Å². The number of hydrogen-bond acceptors (Lipinski definition) is 6. The van der Waals surface area contributed by atoms with E-state index in [1.807, 2.05) is 28.8 Å². The fraction of sp³-hybridized carbons (Fsp3) is 0.655. The number of rotatable bonds is 5. The van der Waals surface area contributed by atoms with Gasteiger partial charge in [-0.1, -0.05) is 44.2 Å². The second kappa shape index (κ2) is 10.6. The highest BCUT2D eigenvalue weighted by atomic mass is 16.5. The lowest BCUT2D eigenvalue weighted by Gasteiger charge is -2.45. The number of nitrogens with one attached hydrogen (secondary N) is 1. The van der Waals surface area contributed by atoms with Gasteiger partial charge >= 0.3 is 5.97 Å². The summed E-state index contributed by atoms with van der Waals surface area (Å²) in [5.41, 5.74) is -0.470. The molecule has 1 aliphatic carbocycles. The summed E-state index contributed by atoms with van der Waals surface area (Å²) in [7, 11) is 1.27. The Bertz CT molecular complexity index is 1200. The number of benzene rings is 1. The molecule has 0 spiro atoms. The van der Waals surface area contributed by atoms with E-state index in [1.54, 1.807) is 13.8 Å². The van der Waals surface area contributed by atoms with Crippen molar-refractivity contribution in [3.8, 4) is 0 Å². The summed E-state index contributed by atoms with van der Waals surface area (Å²) in [4.78, 5) is 46.5. The van der Waals surface area contributed by atoms with Crippen LogP contribution in [-0.4, -0.2) is 57.1 Å². The van der Waals surface area contributed by atoms with Gasteiger partial charge in [-0.15, -0.1) is 0 Å². The molecule has 0 unspecified atom stereocenters. The summed E-state index contributed by atoms with van der Waals surface area (Å²) < 4.78 is 6.64. The number of piperidine rings is 1.